The molecule has 1 fully saturated rings. The van der Waals surface area contributed by atoms with Crippen LogP contribution in [-0.2, 0) is 20.9 Å². The topological polar surface area (TPSA) is 94.2 Å². The molecule has 1 heterocycles. The highest BCUT2D eigenvalue weighted by Crippen LogP contribution is 2.38. The maximum Gasteiger partial charge on any atom is 0.329 e. The van der Waals surface area contributed by atoms with Crippen molar-refractivity contribution in [3.05, 3.63) is 63.5 Å². The number of amides is 3. The normalized spacial score (nSPS) is 14.5. The minimum absolute atomic E-state index is 0.00623. The molecule has 0 aromatic heterocycles. The lowest BCUT2D eigenvalue weighted by Gasteiger charge is -2.15. The fourth-order valence-electron chi connectivity index (χ4n) is 2.92. The molecule has 1 aliphatic rings. The van der Waals surface area contributed by atoms with Gasteiger partial charge in [-0.15, -0.1) is 0 Å². The first-order valence-corrected chi connectivity index (χ1v) is 10.4. The monoisotopic (exact) mass is 506 g/mol. The fraction of sp³-hybridized carbons (Fsp3) is 0.227. The van der Waals surface area contributed by atoms with Crippen molar-refractivity contribution in [2.45, 2.75) is 13.5 Å². The lowest BCUT2D eigenvalue weighted by molar-refractivity contribution is -0.143. The molecule has 0 unspecified atom stereocenters. The van der Waals surface area contributed by atoms with E-state index in [1.165, 1.54) is 19.3 Å². The van der Waals surface area contributed by atoms with Gasteiger partial charge in [0.2, 0.25) is 0 Å². The van der Waals surface area contributed by atoms with Gasteiger partial charge in [0.1, 0.15) is 24.7 Å². The minimum Gasteiger partial charge on any atom is -0.490 e. The number of nitrogens with one attached hydrogen (secondary N) is 1. The number of carbonyl (C=O) groups excluding carboxylic acids is 3. The molecule has 2 aromatic carbocycles. The zero-order chi connectivity index (χ0) is 23.3. The summed E-state index contributed by atoms with van der Waals surface area (Å²) in [5.74, 6) is -1.02. The Labute approximate surface area is 192 Å². The molecule has 1 saturated heterocycles. The Kier molecular flexibility index (Phi) is 7.47. The quantitative estimate of drug-likeness (QED) is 0.333. The Morgan fingerprint density at radius 1 is 1.22 bits per heavy atom. The number of ether oxygens (including phenoxy) is 3. The summed E-state index contributed by atoms with van der Waals surface area (Å²) in [6, 6.07) is 8.85. The Hall–Kier alpha value is -3.40. The Balaban J connectivity index is 1.85. The third-order valence-corrected chi connectivity index (χ3v) is 5.04. The van der Waals surface area contributed by atoms with Gasteiger partial charge in [0.25, 0.3) is 5.91 Å². The van der Waals surface area contributed by atoms with Gasteiger partial charge in [-0.1, -0.05) is 18.2 Å². The summed E-state index contributed by atoms with van der Waals surface area (Å²) in [6.45, 7) is 1.63. The van der Waals surface area contributed by atoms with Crippen LogP contribution in [0.2, 0.25) is 0 Å². The smallest absolute Gasteiger partial charge is 0.329 e. The largest absolute Gasteiger partial charge is 0.490 e. The number of hydrogen-bond donors (Lipinski definition) is 1. The first-order chi connectivity index (χ1) is 15.3. The van der Waals surface area contributed by atoms with Crippen molar-refractivity contribution >= 4 is 39.9 Å². The summed E-state index contributed by atoms with van der Waals surface area (Å²) in [7, 11) is 1.17. The summed E-state index contributed by atoms with van der Waals surface area (Å²) in [6.07, 6.45) is 1.45. The molecule has 0 spiro atoms. The highest BCUT2D eigenvalue weighted by Gasteiger charge is 2.35. The van der Waals surface area contributed by atoms with Crippen molar-refractivity contribution in [2.24, 2.45) is 0 Å². The van der Waals surface area contributed by atoms with E-state index in [2.05, 4.69) is 26.0 Å². The summed E-state index contributed by atoms with van der Waals surface area (Å²) < 4.78 is 30.4. The molecule has 32 heavy (non-hydrogen) atoms. The molecular formula is C22H20BrFN2O6. The van der Waals surface area contributed by atoms with Gasteiger partial charge in [-0.25, -0.2) is 14.1 Å². The third kappa shape index (κ3) is 5.25. The van der Waals surface area contributed by atoms with Gasteiger partial charge in [-0.3, -0.25) is 9.59 Å². The summed E-state index contributed by atoms with van der Waals surface area (Å²) in [5.41, 5.74) is 0.911. The molecule has 168 valence electrons. The number of urea groups is 1. The maximum absolute atomic E-state index is 13.9. The van der Waals surface area contributed by atoms with E-state index in [1.54, 1.807) is 37.3 Å². The van der Waals surface area contributed by atoms with Gasteiger partial charge in [0.15, 0.2) is 11.5 Å². The van der Waals surface area contributed by atoms with Crippen LogP contribution < -0.4 is 14.8 Å². The van der Waals surface area contributed by atoms with E-state index >= 15 is 0 Å². The van der Waals surface area contributed by atoms with Gasteiger partial charge < -0.3 is 19.5 Å². The second-order valence-electron chi connectivity index (χ2n) is 6.60. The number of halogens is 2. The molecule has 0 aliphatic carbocycles. The number of nitrogens with zero attached hydrogens (tertiary/aromatic N) is 1. The summed E-state index contributed by atoms with van der Waals surface area (Å²) in [5, 5.41) is 2.43. The number of esters is 1. The second-order valence-corrected chi connectivity index (χ2v) is 7.45. The molecule has 2 aromatic rings. The number of carbonyl (C=O) groups is 3. The van der Waals surface area contributed by atoms with E-state index in [0.717, 1.165) is 4.90 Å². The van der Waals surface area contributed by atoms with E-state index in [1.807, 2.05) is 0 Å². The van der Waals surface area contributed by atoms with Crippen molar-refractivity contribution in [1.82, 2.24) is 10.2 Å². The molecule has 10 heteroatoms. The van der Waals surface area contributed by atoms with Crippen LogP contribution in [0.4, 0.5) is 9.18 Å². The van der Waals surface area contributed by atoms with Crippen molar-refractivity contribution in [2.75, 3.05) is 20.3 Å². The summed E-state index contributed by atoms with van der Waals surface area (Å²) in [4.78, 5) is 36.7. The van der Waals surface area contributed by atoms with E-state index in [4.69, 9.17) is 9.47 Å². The number of imide groups is 1. The predicted molar refractivity (Wildman–Crippen MR) is 116 cm³/mol. The Morgan fingerprint density at radius 2 is 1.97 bits per heavy atom. The Bertz CT molecular complexity index is 1090. The van der Waals surface area contributed by atoms with Crippen LogP contribution in [-0.4, -0.2) is 43.1 Å². The van der Waals surface area contributed by atoms with E-state index in [9.17, 15) is 18.8 Å². The van der Waals surface area contributed by atoms with E-state index in [-0.39, 0.29) is 18.1 Å². The Morgan fingerprint density at radius 3 is 2.66 bits per heavy atom. The van der Waals surface area contributed by atoms with E-state index < -0.39 is 24.5 Å². The fourth-order valence-corrected chi connectivity index (χ4v) is 3.49. The zero-order valence-corrected chi connectivity index (χ0v) is 18.9. The van der Waals surface area contributed by atoms with Crippen molar-refractivity contribution in [3.8, 4) is 11.5 Å². The molecule has 3 amide bonds. The number of methoxy groups -OCH3 is 1. The number of hydrogen-bond acceptors (Lipinski definition) is 6. The van der Waals surface area contributed by atoms with Crippen molar-refractivity contribution < 1.29 is 33.0 Å². The average molecular weight is 507 g/mol. The van der Waals surface area contributed by atoms with Gasteiger partial charge >= 0.3 is 12.0 Å². The lowest BCUT2D eigenvalue weighted by Crippen LogP contribution is -2.36. The number of benzene rings is 2. The minimum atomic E-state index is -0.722. The number of rotatable bonds is 8. The summed E-state index contributed by atoms with van der Waals surface area (Å²) >= 11 is 3.42. The SMILES string of the molecule is CCOc1cc(/C=C2/NC(=O)N(CC(=O)OC)C2=O)cc(Br)c1OCc1ccccc1F. The molecule has 8 nitrogen and oxygen atoms in total. The maximum atomic E-state index is 13.9. The van der Waals surface area contributed by atoms with Gasteiger partial charge in [-0.05, 0) is 52.7 Å². The van der Waals surface area contributed by atoms with Gasteiger partial charge in [-0.2, -0.15) is 0 Å². The lowest BCUT2D eigenvalue weighted by atomic mass is 10.1. The highest BCUT2D eigenvalue weighted by molar-refractivity contribution is 9.10. The van der Waals surface area contributed by atoms with E-state index in [0.29, 0.717) is 33.7 Å². The van der Waals surface area contributed by atoms with Crippen LogP contribution in [0, 0.1) is 5.82 Å². The zero-order valence-electron chi connectivity index (χ0n) is 17.3. The second kappa shape index (κ2) is 10.3. The van der Waals surface area contributed by atoms with Crippen LogP contribution in [0.1, 0.15) is 18.1 Å². The first-order valence-electron chi connectivity index (χ1n) is 9.58. The van der Waals surface area contributed by atoms with Crippen LogP contribution in [0.25, 0.3) is 6.08 Å². The van der Waals surface area contributed by atoms with Gasteiger partial charge in [0, 0.05) is 5.56 Å². The van der Waals surface area contributed by atoms with Crippen LogP contribution in [0.5, 0.6) is 11.5 Å². The standard InChI is InChI=1S/C22H20BrFN2O6/c1-3-31-18-10-13(9-17-21(28)26(22(29)25-17)11-19(27)30-2)8-15(23)20(18)32-12-14-6-4-5-7-16(14)24/h4-10H,3,11-12H2,1-2H3,(H,25,29)/b17-9+. The molecule has 1 aliphatic heterocycles. The first kappa shape index (κ1) is 23.3. The molecule has 0 atom stereocenters. The molecular weight excluding hydrogens is 487 g/mol. The van der Waals surface area contributed by atoms with Crippen molar-refractivity contribution in [3.63, 3.8) is 0 Å². The van der Waals surface area contributed by atoms with Crippen LogP contribution >= 0.6 is 15.9 Å². The molecule has 0 saturated carbocycles. The van der Waals surface area contributed by atoms with Crippen LogP contribution in [0.15, 0.2) is 46.6 Å². The average Bonchev–Trinajstić information content (AvgIpc) is 3.01. The molecule has 0 bridgehead atoms. The van der Waals surface area contributed by atoms with Crippen LogP contribution in [0.3, 0.4) is 0 Å². The molecule has 1 N–H and O–H groups in total. The molecule has 0 radical (unpaired) electrons. The predicted octanol–water partition coefficient (Wildman–Crippen LogP) is 3.63. The van der Waals surface area contributed by atoms with Crippen molar-refractivity contribution in [1.29, 1.82) is 0 Å². The highest BCUT2D eigenvalue weighted by atomic mass is 79.9. The molecule has 3 rings (SSSR count). The third-order valence-electron chi connectivity index (χ3n) is 4.45. The van der Waals surface area contributed by atoms with Gasteiger partial charge in [0.05, 0.1) is 18.2 Å².